The van der Waals surface area contributed by atoms with E-state index in [1.54, 1.807) is 0 Å². The summed E-state index contributed by atoms with van der Waals surface area (Å²) in [5, 5.41) is 0.993. The molecular weight excluding hydrogens is 214 g/mol. The summed E-state index contributed by atoms with van der Waals surface area (Å²) in [7, 11) is 0. The Hall–Kier alpha value is -1.61. The minimum atomic E-state index is 0.0623. The van der Waals surface area contributed by atoms with E-state index in [1.807, 2.05) is 31.2 Å². The topological polar surface area (TPSA) is 56.2 Å². The van der Waals surface area contributed by atoms with E-state index in [-0.39, 0.29) is 5.78 Å². The van der Waals surface area contributed by atoms with E-state index >= 15 is 0 Å². The first-order valence-corrected chi connectivity index (χ1v) is 5.94. The Morgan fingerprint density at radius 2 is 2.12 bits per heavy atom. The lowest BCUT2D eigenvalue weighted by Crippen LogP contribution is -2.01. The summed E-state index contributed by atoms with van der Waals surface area (Å²) in [5.74, 6) is 0.523. The molecule has 90 valence electrons. The number of furan rings is 1. The minimum absolute atomic E-state index is 0.0623. The molecule has 2 N–H and O–H groups in total. The summed E-state index contributed by atoms with van der Waals surface area (Å²) in [6.07, 6.45) is 2.21. The number of rotatable bonds is 5. The third-order valence-electron chi connectivity index (χ3n) is 2.80. The predicted octanol–water partition coefficient (Wildman–Crippen LogP) is 3.05. The van der Waals surface area contributed by atoms with Gasteiger partial charge in [0.15, 0.2) is 11.5 Å². The predicted molar refractivity (Wildman–Crippen MR) is 68.2 cm³/mol. The van der Waals surface area contributed by atoms with Gasteiger partial charge in [-0.25, -0.2) is 0 Å². The van der Waals surface area contributed by atoms with Crippen LogP contribution >= 0.6 is 0 Å². The lowest BCUT2D eigenvalue weighted by Gasteiger charge is -1.95. The van der Waals surface area contributed by atoms with Crippen LogP contribution in [-0.4, -0.2) is 12.3 Å². The molecule has 0 fully saturated rings. The van der Waals surface area contributed by atoms with Crippen molar-refractivity contribution in [3.05, 3.63) is 35.6 Å². The Labute approximate surface area is 101 Å². The van der Waals surface area contributed by atoms with Gasteiger partial charge in [-0.05, 0) is 44.5 Å². The van der Waals surface area contributed by atoms with Gasteiger partial charge in [0.25, 0.3) is 0 Å². The van der Waals surface area contributed by atoms with Crippen molar-refractivity contribution in [2.75, 3.05) is 6.54 Å². The second-order valence-electron chi connectivity index (χ2n) is 4.32. The van der Waals surface area contributed by atoms with E-state index in [1.165, 1.54) is 5.56 Å². The lowest BCUT2D eigenvalue weighted by atomic mass is 10.1. The van der Waals surface area contributed by atoms with Gasteiger partial charge in [0.2, 0.25) is 0 Å². The normalized spacial score (nSPS) is 10.9. The molecule has 2 aromatic rings. The maximum Gasteiger partial charge on any atom is 0.198 e. The van der Waals surface area contributed by atoms with E-state index in [0.29, 0.717) is 18.7 Å². The molecule has 0 bridgehead atoms. The zero-order valence-corrected chi connectivity index (χ0v) is 10.0. The van der Waals surface area contributed by atoms with Crippen LogP contribution in [0.3, 0.4) is 0 Å². The highest BCUT2D eigenvalue weighted by Crippen LogP contribution is 2.21. The van der Waals surface area contributed by atoms with Crippen molar-refractivity contribution in [1.29, 1.82) is 0 Å². The molecule has 1 aromatic carbocycles. The van der Waals surface area contributed by atoms with Crippen LogP contribution in [0.5, 0.6) is 0 Å². The van der Waals surface area contributed by atoms with Crippen LogP contribution in [0.25, 0.3) is 11.0 Å². The minimum Gasteiger partial charge on any atom is -0.453 e. The van der Waals surface area contributed by atoms with Gasteiger partial charge in [-0.15, -0.1) is 0 Å². The molecule has 3 nitrogen and oxygen atoms in total. The first-order valence-electron chi connectivity index (χ1n) is 5.94. The summed E-state index contributed by atoms with van der Waals surface area (Å²) in [5.41, 5.74) is 7.34. The molecule has 0 spiro atoms. The van der Waals surface area contributed by atoms with E-state index in [4.69, 9.17) is 10.2 Å². The lowest BCUT2D eigenvalue weighted by molar-refractivity contribution is 0.0955. The van der Waals surface area contributed by atoms with Crippen molar-refractivity contribution >= 4 is 16.8 Å². The van der Waals surface area contributed by atoms with Gasteiger partial charge >= 0.3 is 0 Å². The number of hydrogen-bond donors (Lipinski definition) is 1. The number of Topliss-reactive ketones (excluding diaryl/α,β-unsaturated/α-hetero) is 1. The van der Waals surface area contributed by atoms with Crippen LogP contribution in [0.1, 0.15) is 35.4 Å². The molecule has 0 aliphatic rings. The largest absolute Gasteiger partial charge is 0.453 e. The van der Waals surface area contributed by atoms with E-state index in [0.717, 1.165) is 23.8 Å². The highest BCUT2D eigenvalue weighted by molar-refractivity contribution is 5.97. The van der Waals surface area contributed by atoms with E-state index < -0.39 is 0 Å². The number of aryl methyl sites for hydroxylation is 1. The van der Waals surface area contributed by atoms with Gasteiger partial charge in [-0.1, -0.05) is 11.6 Å². The highest BCUT2D eigenvalue weighted by Gasteiger charge is 2.11. The number of hydrogen-bond acceptors (Lipinski definition) is 3. The first kappa shape index (κ1) is 11.9. The average Bonchev–Trinajstić information content (AvgIpc) is 2.72. The van der Waals surface area contributed by atoms with Crippen molar-refractivity contribution in [1.82, 2.24) is 0 Å². The molecule has 1 aromatic heterocycles. The monoisotopic (exact) mass is 231 g/mol. The number of carbonyl (C=O) groups excluding carboxylic acids is 1. The fourth-order valence-electron chi connectivity index (χ4n) is 1.85. The number of unbranched alkanes of at least 4 members (excludes halogenated alkanes) is 1. The maximum atomic E-state index is 11.8. The van der Waals surface area contributed by atoms with Crippen LogP contribution in [0, 0.1) is 6.92 Å². The molecule has 0 unspecified atom stereocenters. The van der Waals surface area contributed by atoms with Crippen LogP contribution < -0.4 is 5.73 Å². The maximum absolute atomic E-state index is 11.8. The first-order chi connectivity index (χ1) is 8.20. The van der Waals surface area contributed by atoms with Crippen molar-refractivity contribution < 1.29 is 9.21 Å². The number of carbonyl (C=O) groups is 1. The molecule has 0 aliphatic heterocycles. The molecule has 17 heavy (non-hydrogen) atoms. The summed E-state index contributed by atoms with van der Waals surface area (Å²) in [6, 6.07) is 7.73. The molecule has 0 amide bonds. The number of ketones is 1. The van der Waals surface area contributed by atoms with Crippen molar-refractivity contribution in [3.63, 3.8) is 0 Å². The SMILES string of the molecule is Cc1ccc2oc(C(=O)CCCCN)cc2c1. The Morgan fingerprint density at radius 1 is 1.29 bits per heavy atom. The Morgan fingerprint density at radius 3 is 2.88 bits per heavy atom. The van der Waals surface area contributed by atoms with Crippen molar-refractivity contribution in [3.8, 4) is 0 Å². The van der Waals surface area contributed by atoms with E-state index in [9.17, 15) is 4.79 Å². The molecular formula is C14H17NO2. The molecule has 2 rings (SSSR count). The molecule has 1 heterocycles. The molecule has 0 aliphatic carbocycles. The van der Waals surface area contributed by atoms with Crippen molar-refractivity contribution in [2.45, 2.75) is 26.2 Å². The molecule has 0 saturated carbocycles. The zero-order valence-electron chi connectivity index (χ0n) is 10.0. The van der Waals surface area contributed by atoms with E-state index in [2.05, 4.69) is 0 Å². The Kier molecular flexibility index (Phi) is 3.59. The zero-order chi connectivity index (χ0) is 12.3. The second kappa shape index (κ2) is 5.15. The molecule has 0 atom stereocenters. The quantitative estimate of drug-likeness (QED) is 0.635. The van der Waals surface area contributed by atoms with Crippen LogP contribution in [-0.2, 0) is 0 Å². The summed E-state index contributed by atoms with van der Waals surface area (Å²) >= 11 is 0. The van der Waals surface area contributed by atoms with Crippen molar-refractivity contribution in [2.24, 2.45) is 5.73 Å². The van der Waals surface area contributed by atoms with Gasteiger partial charge < -0.3 is 10.2 Å². The third kappa shape index (κ3) is 2.74. The second-order valence-corrected chi connectivity index (χ2v) is 4.32. The molecule has 3 heteroatoms. The van der Waals surface area contributed by atoms with Gasteiger partial charge in [0.05, 0.1) is 0 Å². The Balaban J connectivity index is 2.15. The number of fused-ring (bicyclic) bond motifs is 1. The molecule has 0 saturated heterocycles. The fourth-order valence-corrected chi connectivity index (χ4v) is 1.85. The summed E-state index contributed by atoms with van der Waals surface area (Å²) in [4.78, 5) is 11.8. The van der Waals surface area contributed by atoms with Crippen LogP contribution in [0.4, 0.5) is 0 Å². The van der Waals surface area contributed by atoms with Gasteiger partial charge in [0, 0.05) is 11.8 Å². The average molecular weight is 231 g/mol. The molecule has 0 radical (unpaired) electrons. The summed E-state index contributed by atoms with van der Waals surface area (Å²) < 4.78 is 5.53. The number of benzene rings is 1. The van der Waals surface area contributed by atoms with Crippen LogP contribution in [0.2, 0.25) is 0 Å². The third-order valence-corrected chi connectivity index (χ3v) is 2.80. The number of nitrogens with two attached hydrogens (primary N) is 1. The Bertz CT molecular complexity index is 528. The smallest absolute Gasteiger partial charge is 0.198 e. The van der Waals surface area contributed by atoms with Gasteiger partial charge in [-0.2, -0.15) is 0 Å². The fraction of sp³-hybridized carbons (Fsp3) is 0.357. The summed E-state index contributed by atoms with van der Waals surface area (Å²) in [6.45, 7) is 2.65. The van der Waals surface area contributed by atoms with Crippen LogP contribution in [0.15, 0.2) is 28.7 Å². The highest BCUT2D eigenvalue weighted by atomic mass is 16.3. The standard InChI is InChI=1S/C14H17NO2/c1-10-5-6-13-11(8-10)9-14(17-13)12(16)4-2-3-7-15/h5-6,8-9H,2-4,7,15H2,1H3. The van der Waals surface area contributed by atoms with Gasteiger partial charge in [0.1, 0.15) is 5.58 Å². The van der Waals surface area contributed by atoms with Gasteiger partial charge in [-0.3, -0.25) is 4.79 Å².